The fourth-order valence-corrected chi connectivity index (χ4v) is 2.43. The van der Waals surface area contributed by atoms with Gasteiger partial charge in [0.1, 0.15) is 0 Å². The van der Waals surface area contributed by atoms with E-state index in [1.165, 1.54) is 18.4 Å². The lowest BCUT2D eigenvalue weighted by atomic mass is 10.1. The van der Waals surface area contributed by atoms with Crippen LogP contribution in [-0.4, -0.2) is 13.1 Å². The summed E-state index contributed by atoms with van der Waals surface area (Å²) in [5, 5.41) is 0. The number of carbonyl (C=O) groups excluding carboxylic acids is 1. The molecule has 0 aliphatic rings. The van der Waals surface area contributed by atoms with E-state index in [0.29, 0.717) is 5.56 Å². The fourth-order valence-electron chi connectivity index (χ4n) is 1.39. The summed E-state index contributed by atoms with van der Waals surface area (Å²) in [6.07, 6.45) is 0. The summed E-state index contributed by atoms with van der Waals surface area (Å²) in [7, 11) is 1.37. The second kappa shape index (κ2) is 4.68. The third kappa shape index (κ3) is 2.26. The zero-order chi connectivity index (χ0) is 11.5. The van der Waals surface area contributed by atoms with E-state index >= 15 is 0 Å². The zero-order valence-corrected chi connectivity index (χ0v) is 10.1. The molecule has 0 aliphatic carbocycles. The molecule has 0 spiro atoms. The summed E-state index contributed by atoms with van der Waals surface area (Å²) in [6, 6.07) is 11.1. The summed E-state index contributed by atoms with van der Waals surface area (Å²) >= 11 is 7.35. The number of rotatable bonds is 2. The maximum Gasteiger partial charge on any atom is 0.337 e. The van der Waals surface area contributed by atoms with Crippen molar-refractivity contribution in [3.63, 3.8) is 0 Å². The van der Waals surface area contributed by atoms with Gasteiger partial charge in [0.05, 0.1) is 17.0 Å². The Morgan fingerprint density at radius 3 is 2.75 bits per heavy atom. The minimum Gasteiger partial charge on any atom is -0.465 e. The molecule has 0 atom stereocenters. The third-order valence-corrected chi connectivity index (χ3v) is 3.42. The van der Waals surface area contributed by atoms with Gasteiger partial charge in [0, 0.05) is 4.88 Å². The smallest absolute Gasteiger partial charge is 0.337 e. The van der Waals surface area contributed by atoms with Crippen LogP contribution in [0.3, 0.4) is 0 Å². The number of hydrogen-bond acceptors (Lipinski definition) is 3. The van der Waals surface area contributed by atoms with Crippen LogP contribution in [0.5, 0.6) is 0 Å². The average Bonchev–Trinajstić information content (AvgIpc) is 2.75. The van der Waals surface area contributed by atoms with Gasteiger partial charge < -0.3 is 4.74 Å². The summed E-state index contributed by atoms with van der Waals surface area (Å²) in [6.45, 7) is 0. The summed E-state index contributed by atoms with van der Waals surface area (Å²) in [5.74, 6) is -0.329. The lowest BCUT2D eigenvalue weighted by Crippen LogP contribution is -2.00. The Balaban J connectivity index is 2.39. The molecule has 0 N–H and O–H groups in total. The van der Waals surface area contributed by atoms with Crippen LogP contribution in [0.25, 0.3) is 10.4 Å². The van der Waals surface area contributed by atoms with Gasteiger partial charge in [-0.05, 0) is 29.8 Å². The first kappa shape index (κ1) is 11.2. The average molecular weight is 253 g/mol. The highest BCUT2D eigenvalue weighted by atomic mass is 35.5. The van der Waals surface area contributed by atoms with Gasteiger partial charge in [-0.25, -0.2) is 4.79 Å². The summed E-state index contributed by atoms with van der Waals surface area (Å²) in [5.41, 5.74) is 1.52. The van der Waals surface area contributed by atoms with E-state index in [9.17, 15) is 4.79 Å². The van der Waals surface area contributed by atoms with Crippen molar-refractivity contribution in [1.29, 1.82) is 0 Å². The maximum absolute atomic E-state index is 11.4. The van der Waals surface area contributed by atoms with Crippen molar-refractivity contribution in [1.82, 2.24) is 0 Å². The molecule has 0 fully saturated rings. The number of halogens is 1. The molecule has 0 radical (unpaired) electrons. The van der Waals surface area contributed by atoms with E-state index in [0.717, 1.165) is 14.8 Å². The SMILES string of the molecule is COC(=O)c1cccc(-c2ccc(Cl)s2)c1. The molecule has 2 nitrogen and oxygen atoms in total. The molecule has 1 heterocycles. The molecule has 0 aliphatic heterocycles. The first-order valence-electron chi connectivity index (χ1n) is 4.65. The molecule has 2 rings (SSSR count). The van der Waals surface area contributed by atoms with Crippen molar-refractivity contribution in [2.75, 3.05) is 7.11 Å². The topological polar surface area (TPSA) is 26.3 Å². The predicted molar refractivity (Wildman–Crippen MR) is 66.1 cm³/mol. The lowest BCUT2D eigenvalue weighted by Gasteiger charge is -2.01. The Hall–Kier alpha value is -1.32. The first-order valence-corrected chi connectivity index (χ1v) is 5.84. The number of esters is 1. The van der Waals surface area contributed by atoms with Crippen LogP contribution in [0.15, 0.2) is 36.4 Å². The standard InChI is InChI=1S/C12H9ClO2S/c1-15-12(14)9-4-2-3-8(7-9)10-5-6-11(13)16-10/h2-7H,1H3. The highest BCUT2D eigenvalue weighted by Gasteiger charge is 2.07. The van der Waals surface area contributed by atoms with E-state index in [-0.39, 0.29) is 5.97 Å². The quantitative estimate of drug-likeness (QED) is 0.759. The molecule has 1 aromatic heterocycles. The molecule has 0 unspecified atom stereocenters. The Morgan fingerprint density at radius 1 is 1.31 bits per heavy atom. The van der Waals surface area contributed by atoms with Crippen LogP contribution in [0.1, 0.15) is 10.4 Å². The van der Waals surface area contributed by atoms with Crippen LogP contribution in [0.2, 0.25) is 4.34 Å². The van der Waals surface area contributed by atoms with Gasteiger partial charge in [-0.1, -0.05) is 23.7 Å². The van der Waals surface area contributed by atoms with Crippen LogP contribution in [0.4, 0.5) is 0 Å². The second-order valence-corrected chi connectivity index (χ2v) is 4.89. The Kier molecular flexibility index (Phi) is 3.27. The Labute approximate surface area is 102 Å². The largest absolute Gasteiger partial charge is 0.465 e. The van der Waals surface area contributed by atoms with Crippen molar-refractivity contribution in [2.24, 2.45) is 0 Å². The van der Waals surface area contributed by atoms with Crippen LogP contribution in [0, 0.1) is 0 Å². The monoisotopic (exact) mass is 252 g/mol. The number of ether oxygens (including phenoxy) is 1. The fraction of sp³-hybridized carbons (Fsp3) is 0.0833. The third-order valence-electron chi connectivity index (χ3n) is 2.14. The predicted octanol–water partition coefficient (Wildman–Crippen LogP) is 3.86. The van der Waals surface area contributed by atoms with Crippen molar-refractivity contribution in [2.45, 2.75) is 0 Å². The molecule has 82 valence electrons. The molecule has 4 heteroatoms. The maximum atomic E-state index is 11.4. The number of benzene rings is 1. The summed E-state index contributed by atoms with van der Waals surface area (Å²) < 4.78 is 5.41. The highest BCUT2D eigenvalue weighted by Crippen LogP contribution is 2.31. The van der Waals surface area contributed by atoms with Crippen LogP contribution >= 0.6 is 22.9 Å². The molecular formula is C12H9ClO2S. The minimum atomic E-state index is -0.329. The van der Waals surface area contributed by atoms with Gasteiger partial charge in [0.15, 0.2) is 0 Å². The van der Waals surface area contributed by atoms with Crippen molar-refractivity contribution in [3.05, 3.63) is 46.3 Å². The van der Waals surface area contributed by atoms with E-state index < -0.39 is 0 Å². The van der Waals surface area contributed by atoms with Crippen LogP contribution in [-0.2, 0) is 4.74 Å². The van der Waals surface area contributed by atoms with Gasteiger partial charge in [0.25, 0.3) is 0 Å². The molecule has 0 amide bonds. The van der Waals surface area contributed by atoms with Gasteiger partial charge in [-0.3, -0.25) is 0 Å². The van der Waals surface area contributed by atoms with Gasteiger partial charge in [-0.2, -0.15) is 0 Å². The Bertz CT molecular complexity index is 519. The Morgan fingerprint density at radius 2 is 2.12 bits per heavy atom. The van der Waals surface area contributed by atoms with Crippen molar-refractivity contribution < 1.29 is 9.53 Å². The zero-order valence-electron chi connectivity index (χ0n) is 8.57. The normalized spacial score (nSPS) is 10.1. The van der Waals surface area contributed by atoms with Crippen molar-refractivity contribution >= 4 is 28.9 Å². The van der Waals surface area contributed by atoms with Gasteiger partial charge >= 0.3 is 5.97 Å². The molecule has 0 bridgehead atoms. The molecule has 0 saturated heterocycles. The van der Waals surface area contributed by atoms with Crippen LogP contribution < -0.4 is 0 Å². The van der Waals surface area contributed by atoms with E-state index in [1.807, 2.05) is 24.3 Å². The first-order chi connectivity index (χ1) is 7.70. The van der Waals surface area contributed by atoms with Gasteiger partial charge in [0.2, 0.25) is 0 Å². The molecule has 1 aromatic carbocycles. The number of hydrogen-bond donors (Lipinski definition) is 0. The summed E-state index contributed by atoms with van der Waals surface area (Å²) in [4.78, 5) is 12.4. The number of carbonyl (C=O) groups is 1. The molecule has 16 heavy (non-hydrogen) atoms. The van der Waals surface area contributed by atoms with Gasteiger partial charge in [-0.15, -0.1) is 11.3 Å². The van der Waals surface area contributed by atoms with E-state index in [2.05, 4.69) is 4.74 Å². The van der Waals surface area contributed by atoms with Crippen molar-refractivity contribution in [3.8, 4) is 10.4 Å². The second-order valence-electron chi connectivity index (χ2n) is 3.18. The molecule has 0 saturated carbocycles. The van der Waals surface area contributed by atoms with E-state index in [1.54, 1.807) is 12.1 Å². The van der Waals surface area contributed by atoms with E-state index in [4.69, 9.17) is 11.6 Å². The minimum absolute atomic E-state index is 0.329. The number of methoxy groups -OCH3 is 1. The highest BCUT2D eigenvalue weighted by molar-refractivity contribution is 7.19. The lowest BCUT2D eigenvalue weighted by molar-refractivity contribution is 0.0601. The molecule has 2 aromatic rings. The number of thiophene rings is 1. The molecular weight excluding hydrogens is 244 g/mol.